The summed E-state index contributed by atoms with van der Waals surface area (Å²) in [6, 6.07) is 15.0. The maximum absolute atomic E-state index is 12.3. The molecule has 0 bridgehead atoms. The summed E-state index contributed by atoms with van der Waals surface area (Å²) in [6.45, 7) is 7.18. The Morgan fingerprint density at radius 2 is 1.61 bits per heavy atom. The number of aromatic hydroxyl groups is 2. The average Bonchev–Trinajstić information content (AvgIpc) is 3.07. The topological polar surface area (TPSA) is 91.1 Å². The molecule has 8 nitrogen and oxygen atoms in total. The van der Waals surface area contributed by atoms with E-state index in [-0.39, 0.29) is 11.8 Å². The SMILES string of the molecule is Cc1ccccc1-c1ccc(CN2CCN(C(=O)On3c(O)ccc3O)CC2)nc1C. The Morgan fingerprint density at radius 1 is 0.935 bits per heavy atom. The Hall–Kier alpha value is -3.52. The van der Waals surface area contributed by atoms with E-state index in [4.69, 9.17) is 9.82 Å². The first-order valence-corrected chi connectivity index (χ1v) is 10.2. The summed E-state index contributed by atoms with van der Waals surface area (Å²) in [7, 11) is 0. The minimum Gasteiger partial charge on any atom is -0.492 e. The second-order valence-electron chi connectivity index (χ2n) is 7.71. The largest absolute Gasteiger partial charge is 0.492 e. The van der Waals surface area contributed by atoms with Crippen LogP contribution < -0.4 is 4.84 Å². The average molecular weight is 422 g/mol. The molecule has 1 saturated heterocycles. The molecule has 162 valence electrons. The standard InChI is InChI=1S/C23H26N4O4/c1-16-5-3-4-6-19(16)20-8-7-18(24-17(20)2)15-25-11-13-26(14-12-25)23(30)31-27-21(28)9-10-22(27)29/h3-10,28-29H,11-15H2,1-2H3. The minimum absolute atomic E-state index is 0.333. The molecule has 1 aliphatic rings. The lowest BCUT2D eigenvalue weighted by Crippen LogP contribution is -2.50. The van der Waals surface area contributed by atoms with Crippen LogP contribution >= 0.6 is 0 Å². The van der Waals surface area contributed by atoms with Crippen molar-refractivity contribution in [3.8, 4) is 22.9 Å². The molecule has 0 atom stereocenters. The molecule has 1 fully saturated rings. The zero-order chi connectivity index (χ0) is 22.0. The minimum atomic E-state index is -0.613. The van der Waals surface area contributed by atoms with Crippen molar-refractivity contribution in [1.29, 1.82) is 0 Å². The third-order valence-corrected chi connectivity index (χ3v) is 5.56. The van der Waals surface area contributed by atoms with Crippen molar-refractivity contribution in [3.63, 3.8) is 0 Å². The summed E-state index contributed by atoms with van der Waals surface area (Å²) in [5, 5.41) is 19.2. The number of aryl methyl sites for hydroxylation is 2. The molecule has 3 aromatic rings. The molecule has 0 spiro atoms. The van der Waals surface area contributed by atoms with Crippen LogP contribution in [0.25, 0.3) is 11.1 Å². The van der Waals surface area contributed by atoms with Gasteiger partial charge in [0.25, 0.3) is 0 Å². The molecule has 4 rings (SSSR count). The van der Waals surface area contributed by atoms with Crippen LogP contribution in [-0.4, -0.2) is 62.0 Å². The molecule has 2 aromatic heterocycles. The van der Waals surface area contributed by atoms with Crippen molar-refractivity contribution in [3.05, 3.63) is 65.5 Å². The van der Waals surface area contributed by atoms with Crippen LogP contribution in [0.4, 0.5) is 4.79 Å². The molecule has 1 amide bonds. The third kappa shape index (κ3) is 4.49. The first-order chi connectivity index (χ1) is 14.9. The normalized spacial score (nSPS) is 14.6. The quantitative estimate of drug-likeness (QED) is 0.672. The highest BCUT2D eigenvalue weighted by molar-refractivity contribution is 5.69. The van der Waals surface area contributed by atoms with Crippen LogP contribution in [0.1, 0.15) is 17.0 Å². The van der Waals surface area contributed by atoms with Gasteiger partial charge in [-0.25, -0.2) is 4.79 Å². The Kier molecular flexibility index (Phi) is 5.81. The molecular weight excluding hydrogens is 396 g/mol. The number of amides is 1. The van der Waals surface area contributed by atoms with Gasteiger partial charge in [-0.2, -0.15) is 0 Å². The van der Waals surface area contributed by atoms with Gasteiger partial charge in [-0.1, -0.05) is 30.3 Å². The Labute approximate surface area is 180 Å². The predicted molar refractivity (Wildman–Crippen MR) is 116 cm³/mol. The molecule has 3 heterocycles. The fourth-order valence-corrected chi connectivity index (χ4v) is 3.81. The van der Waals surface area contributed by atoms with Crippen LogP contribution in [0.5, 0.6) is 11.8 Å². The van der Waals surface area contributed by atoms with Crippen molar-refractivity contribution < 1.29 is 19.8 Å². The van der Waals surface area contributed by atoms with Gasteiger partial charge in [0.2, 0.25) is 11.8 Å². The van der Waals surface area contributed by atoms with Crippen molar-refractivity contribution in [1.82, 2.24) is 19.5 Å². The van der Waals surface area contributed by atoms with Crippen molar-refractivity contribution in [2.75, 3.05) is 26.2 Å². The van der Waals surface area contributed by atoms with Crippen LogP contribution in [0.3, 0.4) is 0 Å². The predicted octanol–water partition coefficient (Wildman–Crippen LogP) is 2.94. The van der Waals surface area contributed by atoms with Gasteiger partial charge in [-0.05, 0) is 31.0 Å². The van der Waals surface area contributed by atoms with E-state index in [2.05, 4.69) is 36.1 Å². The summed E-state index contributed by atoms with van der Waals surface area (Å²) >= 11 is 0. The van der Waals surface area contributed by atoms with Gasteiger partial charge in [0.05, 0.1) is 5.69 Å². The Balaban J connectivity index is 1.34. The van der Waals surface area contributed by atoms with Crippen molar-refractivity contribution in [2.45, 2.75) is 20.4 Å². The van der Waals surface area contributed by atoms with Gasteiger partial charge < -0.3 is 20.0 Å². The van der Waals surface area contributed by atoms with E-state index in [9.17, 15) is 15.0 Å². The zero-order valence-corrected chi connectivity index (χ0v) is 17.7. The second-order valence-corrected chi connectivity index (χ2v) is 7.71. The first kappa shape index (κ1) is 20.7. The van der Waals surface area contributed by atoms with Crippen molar-refractivity contribution in [2.24, 2.45) is 0 Å². The maximum Gasteiger partial charge on any atom is 0.434 e. The third-order valence-electron chi connectivity index (χ3n) is 5.56. The maximum atomic E-state index is 12.3. The molecule has 1 aliphatic heterocycles. The smallest absolute Gasteiger partial charge is 0.434 e. The zero-order valence-electron chi connectivity index (χ0n) is 17.7. The van der Waals surface area contributed by atoms with Gasteiger partial charge in [-0.15, -0.1) is 4.73 Å². The molecule has 0 unspecified atom stereocenters. The number of pyridine rings is 1. The van der Waals surface area contributed by atoms with E-state index >= 15 is 0 Å². The Bertz CT molecular complexity index is 1070. The van der Waals surface area contributed by atoms with Gasteiger partial charge in [-0.3, -0.25) is 9.88 Å². The highest BCUT2D eigenvalue weighted by Gasteiger charge is 2.24. The van der Waals surface area contributed by atoms with E-state index < -0.39 is 6.09 Å². The van der Waals surface area contributed by atoms with E-state index in [0.29, 0.717) is 37.5 Å². The van der Waals surface area contributed by atoms with Crippen LogP contribution in [-0.2, 0) is 6.54 Å². The molecule has 0 aliphatic carbocycles. The number of carbonyl (C=O) groups is 1. The van der Waals surface area contributed by atoms with Gasteiger partial charge in [0.1, 0.15) is 0 Å². The summed E-state index contributed by atoms with van der Waals surface area (Å²) in [6.07, 6.45) is -0.613. The summed E-state index contributed by atoms with van der Waals surface area (Å²) in [5.74, 6) is -0.667. The number of nitrogens with zero attached hydrogens (tertiary/aromatic N) is 4. The fourth-order valence-electron chi connectivity index (χ4n) is 3.81. The highest BCUT2D eigenvalue weighted by Crippen LogP contribution is 2.26. The molecule has 31 heavy (non-hydrogen) atoms. The summed E-state index contributed by atoms with van der Waals surface area (Å²) in [4.78, 5) is 26.0. The number of piperazine rings is 1. The van der Waals surface area contributed by atoms with E-state index in [1.165, 1.54) is 23.3 Å². The van der Waals surface area contributed by atoms with Gasteiger partial charge in [0.15, 0.2) is 0 Å². The number of hydrogen-bond acceptors (Lipinski definition) is 6. The summed E-state index contributed by atoms with van der Waals surface area (Å²) in [5.41, 5.74) is 5.56. The lowest BCUT2D eigenvalue weighted by Gasteiger charge is -2.33. The van der Waals surface area contributed by atoms with Gasteiger partial charge >= 0.3 is 6.09 Å². The molecule has 8 heteroatoms. The molecule has 1 aromatic carbocycles. The molecule has 0 saturated carbocycles. The van der Waals surface area contributed by atoms with Gasteiger partial charge in [0, 0.05) is 56.1 Å². The van der Waals surface area contributed by atoms with E-state index in [1.54, 1.807) is 4.90 Å². The first-order valence-electron chi connectivity index (χ1n) is 10.2. The highest BCUT2D eigenvalue weighted by atomic mass is 16.7. The lowest BCUT2D eigenvalue weighted by molar-refractivity contribution is 0.0553. The number of hydrogen-bond donors (Lipinski definition) is 2. The van der Waals surface area contributed by atoms with Crippen LogP contribution in [0.2, 0.25) is 0 Å². The Morgan fingerprint density at radius 3 is 2.26 bits per heavy atom. The fraction of sp³-hybridized carbons (Fsp3) is 0.304. The number of aromatic nitrogens is 2. The molecule has 2 N–H and O–H groups in total. The van der Waals surface area contributed by atoms with Crippen molar-refractivity contribution >= 4 is 6.09 Å². The number of carbonyl (C=O) groups excluding carboxylic acids is 1. The van der Waals surface area contributed by atoms with E-state index in [0.717, 1.165) is 17.0 Å². The number of benzene rings is 1. The lowest BCUT2D eigenvalue weighted by atomic mass is 9.99. The summed E-state index contributed by atoms with van der Waals surface area (Å²) < 4.78 is 0.706. The molecular formula is C23H26N4O4. The van der Waals surface area contributed by atoms with Crippen LogP contribution in [0.15, 0.2) is 48.5 Å². The van der Waals surface area contributed by atoms with E-state index in [1.807, 2.05) is 19.1 Å². The molecule has 0 radical (unpaired) electrons. The van der Waals surface area contributed by atoms with Crippen LogP contribution in [0, 0.1) is 13.8 Å². The second kappa shape index (κ2) is 8.69. The monoisotopic (exact) mass is 422 g/mol. The number of rotatable bonds is 4.